The van der Waals surface area contributed by atoms with Crippen LogP contribution in [0.25, 0.3) is 0 Å². The second kappa shape index (κ2) is 7.71. The number of nitrogens with one attached hydrogen (secondary N) is 2. The summed E-state index contributed by atoms with van der Waals surface area (Å²) >= 11 is 0. The van der Waals surface area contributed by atoms with E-state index < -0.39 is 23.2 Å². The number of pyridine rings is 1. The van der Waals surface area contributed by atoms with Gasteiger partial charge < -0.3 is 20.3 Å². The number of halogens is 1. The van der Waals surface area contributed by atoms with Gasteiger partial charge in [0.05, 0.1) is 12.1 Å². The Morgan fingerprint density at radius 1 is 1.30 bits per heavy atom. The molecule has 0 unspecified atom stereocenters. The van der Waals surface area contributed by atoms with Gasteiger partial charge in [-0.1, -0.05) is 12.1 Å². The second-order valence-corrected chi connectivity index (χ2v) is 6.54. The molecule has 0 spiro atoms. The molecule has 27 heavy (non-hydrogen) atoms. The molecule has 0 saturated heterocycles. The van der Waals surface area contributed by atoms with Gasteiger partial charge in [0.1, 0.15) is 11.4 Å². The second-order valence-electron chi connectivity index (χ2n) is 6.54. The van der Waals surface area contributed by atoms with E-state index in [2.05, 4.69) is 10.6 Å². The van der Waals surface area contributed by atoms with Crippen molar-refractivity contribution < 1.29 is 19.1 Å². The van der Waals surface area contributed by atoms with Crippen molar-refractivity contribution in [1.82, 2.24) is 15.2 Å². The predicted molar refractivity (Wildman–Crippen MR) is 96.0 cm³/mol. The summed E-state index contributed by atoms with van der Waals surface area (Å²) in [5, 5.41) is 14.2. The van der Waals surface area contributed by atoms with E-state index in [9.17, 15) is 18.8 Å². The van der Waals surface area contributed by atoms with Crippen LogP contribution in [0.2, 0.25) is 0 Å². The third-order valence-corrected chi connectivity index (χ3v) is 4.54. The number of nitrogens with zero attached hydrogens (tertiary/aromatic N) is 1. The molecule has 3 rings (SSSR count). The summed E-state index contributed by atoms with van der Waals surface area (Å²) in [5.41, 5.74) is -0.0703. The Labute approximate surface area is 154 Å². The quantitative estimate of drug-likeness (QED) is 0.687. The van der Waals surface area contributed by atoms with Gasteiger partial charge in [-0.2, -0.15) is 0 Å². The predicted octanol–water partition coefficient (Wildman–Crippen LogP) is 0.506. The maximum atomic E-state index is 13.4. The Morgan fingerprint density at radius 2 is 2.07 bits per heavy atom. The molecule has 0 bridgehead atoms. The van der Waals surface area contributed by atoms with Crippen LogP contribution in [0.4, 0.5) is 4.39 Å². The van der Waals surface area contributed by atoms with Crippen LogP contribution in [-0.4, -0.2) is 41.2 Å². The maximum absolute atomic E-state index is 13.4. The molecule has 1 heterocycles. The van der Waals surface area contributed by atoms with Crippen LogP contribution in [-0.2, 0) is 6.54 Å². The van der Waals surface area contributed by atoms with Gasteiger partial charge in [0.2, 0.25) is 0 Å². The van der Waals surface area contributed by atoms with E-state index >= 15 is 0 Å². The van der Waals surface area contributed by atoms with E-state index in [0.717, 1.165) is 0 Å². The van der Waals surface area contributed by atoms with Gasteiger partial charge in [-0.25, -0.2) is 4.39 Å². The number of aliphatic hydroxyl groups is 1. The van der Waals surface area contributed by atoms with E-state index in [-0.39, 0.29) is 36.2 Å². The summed E-state index contributed by atoms with van der Waals surface area (Å²) in [5.74, 6) is -1.45. The number of carbonyl (C=O) groups is 2. The van der Waals surface area contributed by atoms with E-state index in [1.165, 1.54) is 42.1 Å². The van der Waals surface area contributed by atoms with E-state index in [1.54, 1.807) is 6.07 Å². The van der Waals surface area contributed by atoms with Crippen LogP contribution in [0.15, 0.2) is 41.3 Å². The minimum atomic E-state index is -0.609. The highest BCUT2D eigenvalue weighted by molar-refractivity contribution is 5.99. The van der Waals surface area contributed by atoms with Gasteiger partial charge in [0.15, 0.2) is 0 Å². The maximum Gasteiger partial charge on any atom is 0.263 e. The third-order valence-electron chi connectivity index (χ3n) is 4.54. The Bertz CT molecular complexity index is 941. The lowest BCUT2D eigenvalue weighted by atomic mass is 10.1. The molecule has 1 saturated carbocycles. The first-order valence-electron chi connectivity index (χ1n) is 8.55. The summed E-state index contributed by atoms with van der Waals surface area (Å²) < 4.78 is 14.6. The van der Waals surface area contributed by atoms with E-state index in [1.807, 2.05) is 0 Å². The average Bonchev–Trinajstić information content (AvgIpc) is 3.40. The number of hydrogen-bond donors (Lipinski definition) is 3. The normalized spacial score (nSPS) is 18.0. The molecule has 1 aliphatic rings. The topological polar surface area (TPSA) is 100 Å². The summed E-state index contributed by atoms with van der Waals surface area (Å²) in [6.07, 6.45) is 2.04. The molecule has 1 aromatic carbocycles. The first-order chi connectivity index (χ1) is 12.9. The molecule has 1 fully saturated rings. The summed E-state index contributed by atoms with van der Waals surface area (Å²) in [7, 11) is 1.39. The number of hydrogen-bond acceptors (Lipinski definition) is 4. The lowest BCUT2D eigenvalue weighted by Crippen LogP contribution is -2.34. The summed E-state index contributed by atoms with van der Waals surface area (Å²) in [6, 6.07) is 6.88. The fourth-order valence-electron chi connectivity index (χ4n) is 2.88. The lowest BCUT2D eigenvalue weighted by molar-refractivity contribution is 0.0946. The Balaban J connectivity index is 1.95. The molecule has 8 heteroatoms. The summed E-state index contributed by atoms with van der Waals surface area (Å²) in [4.78, 5) is 37.2. The first-order valence-corrected chi connectivity index (χ1v) is 8.55. The van der Waals surface area contributed by atoms with Crippen LogP contribution in [0.5, 0.6) is 0 Å². The number of benzene rings is 1. The molecule has 3 N–H and O–H groups in total. The van der Waals surface area contributed by atoms with Gasteiger partial charge in [0.25, 0.3) is 17.4 Å². The first kappa shape index (κ1) is 18.8. The zero-order chi connectivity index (χ0) is 19.6. The average molecular weight is 373 g/mol. The minimum Gasteiger partial charge on any atom is -0.396 e. The molecule has 7 nitrogen and oxygen atoms in total. The SMILES string of the molecule is CNC(=O)c1cc(C(=O)N[C@@H]2C[C@H]2CO)cn(Cc2cccc(F)c2)c1=O. The van der Waals surface area contributed by atoms with Crippen molar-refractivity contribution in [2.24, 2.45) is 5.92 Å². The standard InChI is InChI=1S/C19H20FN3O4/c1-21-18(26)15-6-12(17(25)22-16-7-13(16)10-24)9-23(19(15)27)8-11-3-2-4-14(20)5-11/h2-6,9,13,16,24H,7-8,10H2,1H3,(H,21,26)(H,22,25)/t13-,16+/m0/s1. The van der Waals surface area contributed by atoms with Crippen molar-refractivity contribution in [3.05, 3.63) is 69.4 Å². The fourth-order valence-corrected chi connectivity index (χ4v) is 2.88. The van der Waals surface area contributed by atoms with Gasteiger partial charge >= 0.3 is 0 Å². The molecule has 142 valence electrons. The van der Waals surface area contributed by atoms with Crippen LogP contribution in [0.1, 0.15) is 32.7 Å². The molecule has 1 aromatic heterocycles. The zero-order valence-corrected chi connectivity index (χ0v) is 14.7. The van der Waals surface area contributed by atoms with Gasteiger partial charge in [-0.05, 0) is 30.2 Å². The van der Waals surface area contributed by atoms with Crippen molar-refractivity contribution in [2.75, 3.05) is 13.7 Å². The van der Waals surface area contributed by atoms with Gasteiger partial charge in [-0.15, -0.1) is 0 Å². The van der Waals surface area contributed by atoms with Gasteiger partial charge in [0, 0.05) is 31.8 Å². The Kier molecular flexibility index (Phi) is 5.36. The molecule has 0 radical (unpaired) electrons. The van der Waals surface area contributed by atoms with Crippen molar-refractivity contribution in [1.29, 1.82) is 0 Å². The number of aromatic nitrogens is 1. The Morgan fingerprint density at radius 3 is 2.70 bits per heavy atom. The molecular formula is C19H20FN3O4. The molecule has 2 atom stereocenters. The number of rotatable bonds is 6. The smallest absolute Gasteiger partial charge is 0.263 e. The van der Waals surface area contributed by atoms with E-state index in [4.69, 9.17) is 5.11 Å². The van der Waals surface area contributed by atoms with Crippen molar-refractivity contribution in [3.8, 4) is 0 Å². The highest BCUT2D eigenvalue weighted by atomic mass is 19.1. The third kappa shape index (κ3) is 4.22. The van der Waals surface area contributed by atoms with Crippen LogP contribution >= 0.6 is 0 Å². The molecule has 2 amide bonds. The van der Waals surface area contributed by atoms with Crippen LogP contribution in [0, 0.1) is 11.7 Å². The molecule has 2 aromatic rings. The highest BCUT2D eigenvalue weighted by Gasteiger charge is 2.37. The monoisotopic (exact) mass is 373 g/mol. The highest BCUT2D eigenvalue weighted by Crippen LogP contribution is 2.29. The number of amides is 2. The minimum absolute atomic E-state index is 0.00644. The lowest BCUT2D eigenvalue weighted by Gasteiger charge is -2.12. The fraction of sp³-hybridized carbons (Fsp3) is 0.316. The van der Waals surface area contributed by atoms with Gasteiger partial charge in [-0.3, -0.25) is 14.4 Å². The van der Waals surface area contributed by atoms with E-state index in [0.29, 0.717) is 12.0 Å². The molecule has 0 aliphatic heterocycles. The van der Waals surface area contributed by atoms with Crippen LogP contribution in [0.3, 0.4) is 0 Å². The number of aliphatic hydroxyl groups excluding tert-OH is 1. The zero-order valence-electron chi connectivity index (χ0n) is 14.7. The molecular weight excluding hydrogens is 353 g/mol. The Hall–Kier alpha value is -3.00. The van der Waals surface area contributed by atoms with Crippen molar-refractivity contribution in [2.45, 2.75) is 19.0 Å². The summed E-state index contributed by atoms with van der Waals surface area (Å²) in [6.45, 7) is 0.0118. The largest absolute Gasteiger partial charge is 0.396 e. The van der Waals surface area contributed by atoms with Crippen molar-refractivity contribution in [3.63, 3.8) is 0 Å². The molecule has 1 aliphatic carbocycles. The number of carbonyl (C=O) groups excluding carboxylic acids is 2. The van der Waals surface area contributed by atoms with Crippen LogP contribution < -0.4 is 16.2 Å². The van der Waals surface area contributed by atoms with Crippen molar-refractivity contribution >= 4 is 11.8 Å².